The molecular formula is C14H16Cl2N2OS2. The van der Waals surface area contributed by atoms with Crippen molar-refractivity contribution < 1.29 is 0 Å². The van der Waals surface area contributed by atoms with Gasteiger partial charge >= 0.3 is 0 Å². The summed E-state index contributed by atoms with van der Waals surface area (Å²) in [6, 6.07) is 3.86. The van der Waals surface area contributed by atoms with Crippen LogP contribution >= 0.6 is 46.3 Å². The molecule has 1 atom stereocenters. The van der Waals surface area contributed by atoms with Crippen LogP contribution in [0.1, 0.15) is 37.8 Å². The van der Waals surface area contributed by atoms with E-state index in [1.165, 1.54) is 27.8 Å². The van der Waals surface area contributed by atoms with E-state index in [4.69, 9.17) is 23.2 Å². The summed E-state index contributed by atoms with van der Waals surface area (Å²) in [6.07, 6.45) is 1.66. The van der Waals surface area contributed by atoms with E-state index in [9.17, 15) is 4.79 Å². The summed E-state index contributed by atoms with van der Waals surface area (Å²) in [5, 5.41) is 4.62. The molecule has 0 aliphatic carbocycles. The Morgan fingerprint density at radius 3 is 2.52 bits per heavy atom. The smallest absolute Gasteiger partial charge is 0.266 e. The van der Waals surface area contributed by atoms with Crippen LogP contribution in [0.2, 0.25) is 9.36 Å². The van der Waals surface area contributed by atoms with Crippen LogP contribution in [0.25, 0.3) is 0 Å². The molecular weight excluding hydrogens is 347 g/mol. The van der Waals surface area contributed by atoms with Crippen LogP contribution in [-0.4, -0.2) is 9.78 Å². The van der Waals surface area contributed by atoms with Crippen molar-refractivity contribution in [2.24, 2.45) is 0 Å². The van der Waals surface area contributed by atoms with Gasteiger partial charge < -0.3 is 0 Å². The molecule has 1 unspecified atom stereocenters. The molecule has 0 saturated heterocycles. The number of halogens is 2. The molecule has 0 aliphatic heterocycles. The molecule has 0 aromatic carbocycles. The second kappa shape index (κ2) is 6.32. The Kier molecular flexibility index (Phi) is 5.08. The van der Waals surface area contributed by atoms with Gasteiger partial charge in [-0.15, -0.1) is 23.1 Å². The van der Waals surface area contributed by atoms with E-state index in [1.54, 1.807) is 6.20 Å². The summed E-state index contributed by atoms with van der Waals surface area (Å²) in [6.45, 7) is 7.81. The maximum absolute atomic E-state index is 12.3. The van der Waals surface area contributed by atoms with Crippen LogP contribution in [-0.2, 0) is 5.54 Å². The monoisotopic (exact) mass is 362 g/mol. The Morgan fingerprint density at radius 1 is 1.33 bits per heavy atom. The highest BCUT2D eigenvalue weighted by molar-refractivity contribution is 7.99. The number of rotatable bonds is 3. The maximum atomic E-state index is 12.3. The molecule has 2 aromatic rings. The van der Waals surface area contributed by atoms with Gasteiger partial charge in [-0.2, -0.15) is 5.10 Å². The normalized spacial score (nSPS) is 13.4. The maximum Gasteiger partial charge on any atom is 0.287 e. The number of thiophene rings is 1. The molecule has 0 amide bonds. The fourth-order valence-electron chi connectivity index (χ4n) is 1.77. The fraction of sp³-hybridized carbons (Fsp3) is 0.429. The summed E-state index contributed by atoms with van der Waals surface area (Å²) in [5.74, 6) is 0. The van der Waals surface area contributed by atoms with E-state index in [0.717, 1.165) is 9.21 Å². The van der Waals surface area contributed by atoms with Gasteiger partial charge in [-0.25, -0.2) is 4.68 Å². The highest BCUT2D eigenvalue weighted by atomic mass is 35.5. The second-order valence-corrected chi connectivity index (χ2v) is 9.12. The highest BCUT2D eigenvalue weighted by Crippen LogP contribution is 2.40. The molecule has 2 heterocycles. The van der Waals surface area contributed by atoms with Crippen LogP contribution in [0, 0.1) is 0 Å². The molecule has 21 heavy (non-hydrogen) atoms. The summed E-state index contributed by atoms with van der Waals surface area (Å²) in [7, 11) is 0. The molecule has 114 valence electrons. The number of thioether (sulfide) groups is 1. The summed E-state index contributed by atoms with van der Waals surface area (Å²) >= 11 is 15.2. The van der Waals surface area contributed by atoms with E-state index in [1.807, 2.05) is 32.9 Å². The van der Waals surface area contributed by atoms with E-state index >= 15 is 0 Å². The largest absolute Gasteiger partial charge is 0.287 e. The third-order valence-electron chi connectivity index (χ3n) is 2.82. The van der Waals surface area contributed by atoms with Gasteiger partial charge in [0.2, 0.25) is 0 Å². The zero-order valence-electron chi connectivity index (χ0n) is 12.2. The molecule has 0 spiro atoms. The van der Waals surface area contributed by atoms with Gasteiger partial charge in [-0.05, 0) is 39.8 Å². The van der Waals surface area contributed by atoms with Crippen LogP contribution in [0.4, 0.5) is 0 Å². The SMILES string of the molecule is CC(Sc1cnn(C(C)(C)C)c(=O)c1Cl)c1ccc(Cl)s1. The lowest BCUT2D eigenvalue weighted by atomic mass is 10.1. The van der Waals surface area contributed by atoms with E-state index in [0.29, 0.717) is 4.90 Å². The minimum atomic E-state index is -0.392. The van der Waals surface area contributed by atoms with Crippen LogP contribution in [0.3, 0.4) is 0 Å². The summed E-state index contributed by atoms with van der Waals surface area (Å²) in [4.78, 5) is 14.1. The lowest BCUT2D eigenvalue weighted by Crippen LogP contribution is -2.36. The molecule has 2 aromatic heterocycles. The van der Waals surface area contributed by atoms with Crippen molar-refractivity contribution in [1.29, 1.82) is 0 Å². The van der Waals surface area contributed by atoms with Gasteiger partial charge in [0.05, 0.1) is 21.0 Å². The lowest BCUT2D eigenvalue weighted by Gasteiger charge is -2.21. The van der Waals surface area contributed by atoms with Crippen molar-refractivity contribution in [1.82, 2.24) is 9.78 Å². The quantitative estimate of drug-likeness (QED) is 0.702. The Balaban J connectivity index is 2.30. The van der Waals surface area contributed by atoms with E-state index < -0.39 is 5.54 Å². The van der Waals surface area contributed by atoms with Crippen molar-refractivity contribution in [2.45, 2.75) is 43.4 Å². The van der Waals surface area contributed by atoms with E-state index in [-0.39, 0.29) is 15.8 Å². The lowest BCUT2D eigenvalue weighted by molar-refractivity contribution is 0.336. The van der Waals surface area contributed by atoms with Crippen LogP contribution in [0.15, 0.2) is 28.0 Å². The van der Waals surface area contributed by atoms with Gasteiger partial charge in [0, 0.05) is 10.1 Å². The van der Waals surface area contributed by atoms with E-state index in [2.05, 4.69) is 12.0 Å². The number of nitrogens with zero attached hydrogens (tertiary/aromatic N) is 2. The Bertz CT molecular complexity index is 704. The first-order chi connectivity index (χ1) is 9.70. The first-order valence-electron chi connectivity index (χ1n) is 6.40. The third kappa shape index (κ3) is 3.83. The molecule has 2 rings (SSSR count). The van der Waals surface area contributed by atoms with Crippen molar-refractivity contribution in [3.05, 3.63) is 42.9 Å². The molecule has 0 saturated carbocycles. The van der Waals surface area contributed by atoms with Crippen molar-refractivity contribution in [3.8, 4) is 0 Å². The summed E-state index contributed by atoms with van der Waals surface area (Å²) in [5.41, 5.74) is -0.651. The number of hydrogen-bond acceptors (Lipinski definition) is 4. The molecule has 0 bridgehead atoms. The molecule has 7 heteroatoms. The van der Waals surface area contributed by atoms with Crippen molar-refractivity contribution in [3.63, 3.8) is 0 Å². The Labute approximate surface area is 142 Å². The highest BCUT2D eigenvalue weighted by Gasteiger charge is 2.21. The minimum Gasteiger partial charge on any atom is -0.266 e. The molecule has 0 fully saturated rings. The number of aromatic nitrogens is 2. The Morgan fingerprint density at radius 2 is 2.00 bits per heavy atom. The summed E-state index contributed by atoms with van der Waals surface area (Å²) < 4.78 is 2.16. The minimum absolute atomic E-state index is 0.159. The standard InChI is InChI=1S/C14H16Cl2N2OS2/c1-8(9-5-6-11(15)21-9)20-10-7-17-18(14(2,3)4)13(19)12(10)16/h5-8H,1-4H3. The second-order valence-electron chi connectivity index (χ2n) is 5.61. The molecule has 0 radical (unpaired) electrons. The zero-order valence-corrected chi connectivity index (χ0v) is 15.3. The molecule has 3 nitrogen and oxygen atoms in total. The van der Waals surface area contributed by atoms with Gasteiger partial charge in [-0.3, -0.25) is 4.79 Å². The van der Waals surface area contributed by atoms with Crippen LogP contribution in [0.5, 0.6) is 0 Å². The van der Waals surface area contributed by atoms with Crippen molar-refractivity contribution in [2.75, 3.05) is 0 Å². The molecule has 0 aliphatic rings. The first-order valence-corrected chi connectivity index (χ1v) is 8.85. The number of hydrogen-bond donors (Lipinski definition) is 0. The average molecular weight is 363 g/mol. The van der Waals surface area contributed by atoms with Gasteiger partial charge in [0.25, 0.3) is 5.56 Å². The predicted molar refractivity (Wildman–Crippen MR) is 92.1 cm³/mol. The van der Waals surface area contributed by atoms with Crippen molar-refractivity contribution >= 4 is 46.3 Å². The van der Waals surface area contributed by atoms with Gasteiger partial charge in [0.15, 0.2) is 0 Å². The average Bonchev–Trinajstić information content (AvgIpc) is 2.80. The van der Waals surface area contributed by atoms with Gasteiger partial charge in [-0.1, -0.05) is 23.2 Å². The van der Waals surface area contributed by atoms with Gasteiger partial charge in [0.1, 0.15) is 5.02 Å². The third-order valence-corrected chi connectivity index (χ3v) is 6.03. The first kappa shape index (κ1) is 16.9. The predicted octanol–water partition coefficient (Wildman–Crippen LogP) is 5.22. The topological polar surface area (TPSA) is 34.9 Å². The van der Waals surface area contributed by atoms with Crippen LogP contribution < -0.4 is 5.56 Å². The fourth-order valence-corrected chi connectivity index (χ4v) is 4.19. The molecule has 0 N–H and O–H groups in total. The Hall–Kier alpha value is -0.490. The zero-order chi connectivity index (χ0) is 15.8.